The van der Waals surface area contributed by atoms with Crippen LogP contribution in [0.15, 0.2) is 24.3 Å². The van der Waals surface area contributed by atoms with Gasteiger partial charge in [-0.1, -0.05) is 18.2 Å². The monoisotopic (exact) mass is 219 g/mol. The van der Waals surface area contributed by atoms with Gasteiger partial charge in [0.05, 0.1) is 0 Å². The van der Waals surface area contributed by atoms with Crippen molar-refractivity contribution in [3.05, 3.63) is 29.8 Å². The van der Waals surface area contributed by atoms with E-state index in [9.17, 15) is 0 Å². The molecule has 0 unspecified atom stereocenters. The molecule has 3 nitrogen and oxygen atoms in total. The van der Waals surface area contributed by atoms with Crippen LogP contribution >= 0.6 is 0 Å². The fourth-order valence-electron chi connectivity index (χ4n) is 2.21. The van der Waals surface area contributed by atoms with E-state index in [4.69, 9.17) is 5.73 Å². The highest BCUT2D eigenvalue weighted by Gasteiger charge is 2.17. The van der Waals surface area contributed by atoms with Crippen LogP contribution < -0.4 is 10.6 Å². The summed E-state index contributed by atoms with van der Waals surface area (Å²) in [6.45, 7) is 6.51. The molecule has 2 N–H and O–H groups in total. The molecule has 1 heterocycles. The topological polar surface area (TPSA) is 32.5 Å². The average Bonchev–Trinajstić information content (AvgIpc) is 2.30. The van der Waals surface area contributed by atoms with E-state index in [1.807, 2.05) is 0 Å². The van der Waals surface area contributed by atoms with Gasteiger partial charge >= 0.3 is 0 Å². The number of hydrogen-bond donors (Lipinski definition) is 1. The summed E-state index contributed by atoms with van der Waals surface area (Å²) in [4.78, 5) is 4.81. The molecular formula is C13H21N3. The number of likely N-dealkylation sites (N-methyl/N-ethyl adjacent to an activating group) is 1. The van der Waals surface area contributed by atoms with E-state index in [1.165, 1.54) is 11.3 Å². The smallest absolute Gasteiger partial charge is 0.0415 e. The summed E-state index contributed by atoms with van der Waals surface area (Å²) >= 11 is 0. The largest absolute Gasteiger partial charge is 0.369 e. The van der Waals surface area contributed by atoms with Crippen LogP contribution in [0.5, 0.6) is 0 Å². The summed E-state index contributed by atoms with van der Waals surface area (Å²) in [6, 6.07) is 8.59. The van der Waals surface area contributed by atoms with Crippen molar-refractivity contribution in [1.29, 1.82) is 0 Å². The van der Waals surface area contributed by atoms with Crippen LogP contribution in [0.3, 0.4) is 0 Å². The van der Waals surface area contributed by atoms with E-state index in [1.54, 1.807) is 0 Å². The van der Waals surface area contributed by atoms with Crippen molar-refractivity contribution in [2.24, 2.45) is 5.73 Å². The Hall–Kier alpha value is -1.06. The first-order chi connectivity index (χ1) is 7.68. The van der Waals surface area contributed by atoms with Crippen LogP contribution in [0.2, 0.25) is 0 Å². The molecule has 0 radical (unpaired) electrons. The van der Waals surface area contributed by atoms with E-state index in [0.29, 0.717) is 0 Å². The number of nitrogens with zero attached hydrogens (tertiary/aromatic N) is 2. The molecule has 0 amide bonds. The summed E-state index contributed by atoms with van der Waals surface area (Å²) in [5.74, 6) is 0. The maximum atomic E-state index is 6.01. The number of para-hydroxylation sites is 1. The number of nitrogens with two attached hydrogens (primary N) is 1. The van der Waals surface area contributed by atoms with Crippen molar-refractivity contribution in [3.8, 4) is 0 Å². The Kier molecular flexibility index (Phi) is 3.46. The minimum atomic E-state index is 0.107. The van der Waals surface area contributed by atoms with Gasteiger partial charge in [-0.2, -0.15) is 0 Å². The second-order valence-corrected chi connectivity index (χ2v) is 4.64. The Labute approximate surface area is 97.8 Å². The lowest BCUT2D eigenvalue weighted by Crippen LogP contribution is -2.45. The lowest BCUT2D eigenvalue weighted by atomic mass is 10.1. The molecule has 1 aromatic carbocycles. The van der Waals surface area contributed by atoms with E-state index in [2.05, 4.69) is 48.0 Å². The first kappa shape index (κ1) is 11.4. The third kappa shape index (κ3) is 2.36. The van der Waals surface area contributed by atoms with Crippen molar-refractivity contribution >= 4 is 5.69 Å². The molecule has 1 aromatic rings. The highest BCUT2D eigenvalue weighted by Crippen LogP contribution is 2.25. The molecule has 1 aliphatic rings. The first-order valence-electron chi connectivity index (χ1n) is 5.96. The van der Waals surface area contributed by atoms with Crippen molar-refractivity contribution < 1.29 is 0 Å². The Balaban J connectivity index is 2.19. The minimum Gasteiger partial charge on any atom is -0.369 e. The van der Waals surface area contributed by atoms with E-state index < -0.39 is 0 Å². The van der Waals surface area contributed by atoms with Crippen LogP contribution in [-0.4, -0.2) is 38.1 Å². The van der Waals surface area contributed by atoms with Gasteiger partial charge in [0.25, 0.3) is 0 Å². The Morgan fingerprint density at radius 2 is 1.75 bits per heavy atom. The summed E-state index contributed by atoms with van der Waals surface area (Å²) in [5, 5.41) is 0. The molecule has 1 atom stereocenters. The summed E-state index contributed by atoms with van der Waals surface area (Å²) in [5.41, 5.74) is 8.58. The van der Waals surface area contributed by atoms with Gasteiger partial charge < -0.3 is 15.5 Å². The molecule has 88 valence electrons. The Bertz CT molecular complexity index is 341. The maximum Gasteiger partial charge on any atom is 0.0415 e. The summed E-state index contributed by atoms with van der Waals surface area (Å²) in [7, 11) is 2.18. The van der Waals surface area contributed by atoms with Crippen molar-refractivity contribution in [2.45, 2.75) is 13.0 Å². The second-order valence-electron chi connectivity index (χ2n) is 4.64. The predicted molar refractivity (Wildman–Crippen MR) is 68.8 cm³/mol. The molecular weight excluding hydrogens is 198 g/mol. The van der Waals surface area contributed by atoms with Crippen molar-refractivity contribution in [2.75, 3.05) is 38.1 Å². The van der Waals surface area contributed by atoms with E-state index in [-0.39, 0.29) is 6.04 Å². The van der Waals surface area contributed by atoms with Gasteiger partial charge in [0.2, 0.25) is 0 Å². The summed E-state index contributed by atoms with van der Waals surface area (Å²) < 4.78 is 0. The third-order valence-electron chi connectivity index (χ3n) is 3.27. The fourth-order valence-corrected chi connectivity index (χ4v) is 2.21. The molecule has 1 fully saturated rings. The predicted octanol–water partition coefficient (Wildman–Crippen LogP) is 1.46. The molecule has 0 aromatic heterocycles. The highest BCUT2D eigenvalue weighted by molar-refractivity contribution is 5.55. The van der Waals surface area contributed by atoms with Crippen LogP contribution in [0.25, 0.3) is 0 Å². The van der Waals surface area contributed by atoms with E-state index >= 15 is 0 Å². The zero-order valence-electron chi connectivity index (χ0n) is 10.2. The van der Waals surface area contributed by atoms with Gasteiger partial charge in [-0.3, -0.25) is 0 Å². The fraction of sp³-hybridized carbons (Fsp3) is 0.538. The number of hydrogen-bond acceptors (Lipinski definition) is 3. The lowest BCUT2D eigenvalue weighted by molar-refractivity contribution is 0.312. The Morgan fingerprint density at radius 1 is 1.12 bits per heavy atom. The molecule has 1 saturated heterocycles. The molecule has 0 spiro atoms. The Morgan fingerprint density at radius 3 is 2.38 bits per heavy atom. The second kappa shape index (κ2) is 4.85. The molecule has 0 bridgehead atoms. The van der Waals surface area contributed by atoms with Gasteiger partial charge in [-0.05, 0) is 25.6 Å². The van der Waals surface area contributed by atoms with E-state index in [0.717, 1.165) is 26.2 Å². The minimum absolute atomic E-state index is 0.107. The maximum absolute atomic E-state index is 6.01. The molecule has 3 heteroatoms. The SMILES string of the molecule is C[C@@H](N)c1ccccc1N1CCN(C)CC1. The average molecular weight is 219 g/mol. The van der Waals surface area contributed by atoms with Gasteiger partial charge in [-0.15, -0.1) is 0 Å². The van der Waals surface area contributed by atoms with Crippen LogP contribution in [-0.2, 0) is 0 Å². The normalized spacial score (nSPS) is 19.8. The number of piperazine rings is 1. The zero-order chi connectivity index (χ0) is 11.5. The standard InChI is InChI=1S/C13H21N3/c1-11(14)12-5-3-4-6-13(12)16-9-7-15(2)8-10-16/h3-6,11H,7-10,14H2,1-2H3/t11-/m1/s1. The molecule has 16 heavy (non-hydrogen) atoms. The first-order valence-corrected chi connectivity index (χ1v) is 5.96. The van der Waals surface area contributed by atoms with Crippen LogP contribution in [0, 0.1) is 0 Å². The van der Waals surface area contributed by atoms with Crippen molar-refractivity contribution in [1.82, 2.24) is 4.90 Å². The molecule has 2 rings (SSSR count). The third-order valence-corrected chi connectivity index (χ3v) is 3.27. The quantitative estimate of drug-likeness (QED) is 0.817. The molecule has 0 aliphatic carbocycles. The van der Waals surface area contributed by atoms with Gasteiger partial charge in [-0.25, -0.2) is 0 Å². The number of anilines is 1. The van der Waals surface area contributed by atoms with Crippen molar-refractivity contribution in [3.63, 3.8) is 0 Å². The molecule has 1 aliphatic heterocycles. The van der Waals surface area contributed by atoms with Crippen LogP contribution in [0.1, 0.15) is 18.5 Å². The molecule has 0 saturated carbocycles. The van der Waals surface area contributed by atoms with Gasteiger partial charge in [0, 0.05) is 37.9 Å². The van der Waals surface area contributed by atoms with Crippen LogP contribution in [0.4, 0.5) is 5.69 Å². The summed E-state index contributed by atoms with van der Waals surface area (Å²) in [6.07, 6.45) is 0. The van der Waals surface area contributed by atoms with Gasteiger partial charge in [0.15, 0.2) is 0 Å². The zero-order valence-corrected chi connectivity index (χ0v) is 10.2. The number of rotatable bonds is 2. The number of benzene rings is 1. The lowest BCUT2D eigenvalue weighted by Gasteiger charge is -2.35. The van der Waals surface area contributed by atoms with Gasteiger partial charge in [0.1, 0.15) is 0 Å². The highest BCUT2D eigenvalue weighted by atomic mass is 15.2.